The van der Waals surface area contributed by atoms with Gasteiger partial charge in [0.2, 0.25) is 11.6 Å². The van der Waals surface area contributed by atoms with Crippen molar-refractivity contribution in [1.29, 1.82) is 0 Å². The molecule has 0 saturated carbocycles. The average molecular weight is 447 g/mol. The summed E-state index contributed by atoms with van der Waals surface area (Å²) >= 11 is 0. The summed E-state index contributed by atoms with van der Waals surface area (Å²) in [5, 5.41) is 0. The normalized spacial score (nSPS) is 11.4. The van der Waals surface area contributed by atoms with Crippen molar-refractivity contribution in [2.75, 3.05) is 23.9 Å². The second-order valence-corrected chi connectivity index (χ2v) is 7.88. The molecule has 0 heterocycles. The van der Waals surface area contributed by atoms with E-state index in [1.165, 1.54) is 0 Å². The van der Waals surface area contributed by atoms with E-state index in [-0.39, 0.29) is 11.6 Å². The van der Waals surface area contributed by atoms with Crippen LogP contribution in [0.5, 0.6) is 0 Å². The Balaban J connectivity index is 1.99. The van der Waals surface area contributed by atoms with Gasteiger partial charge >= 0.3 is 0 Å². The largest absolute Gasteiger partial charge is 0.340 e. The number of anilines is 2. The molecule has 0 atom stereocenters. The molecule has 34 heavy (non-hydrogen) atoms. The topological polar surface area (TPSA) is 40.6 Å². The Morgan fingerprint density at radius 1 is 0.441 bits per heavy atom. The zero-order chi connectivity index (χ0) is 23.9. The van der Waals surface area contributed by atoms with Gasteiger partial charge in [-0.2, -0.15) is 0 Å². The van der Waals surface area contributed by atoms with Gasteiger partial charge in [-0.3, -0.25) is 9.59 Å². The van der Waals surface area contributed by atoms with Gasteiger partial charge in [0.15, 0.2) is 0 Å². The summed E-state index contributed by atoms with van der Waals surface area (Å²) in [6, 6.07) is 37.3. The maximum Gasteiger partial charge on any atom is 0.211 e. The van der Waals surface area contributed by atoms with Crippen LogP contribution >= 0.6 is 0 Å². The van der Waals surface area contributed by atoms with Gasteiger partial charge < -0.3 is 9.80 Å². The van der Waals surface area contributed by atoms with Gasteiger partial charge in [-0.05, 0) is 24.3 Å². The number of hydrogen-bond acceptors (Lipinski definition) is 4. The molecule has 0 unspecified atom stereocenters. The Kier molecular flexibility index (Phi) is 6.99. The summed E-state index contributed by atoms with van der Waals surface area (Å²) in [4.78, 5) is 31.6. The lowest BCUT2D eigenvalue weighted by atomic mass is 9.99. The number of likely N-dealkylation sites (N-methyl/N-ethyl adjacent to an activating group) is 2. The highest BCUT2D eigenvalue weighted by atomic mass is 16.1. The lowest BCUT2D eigenvalue weighted by Gasteiger charge is -2.30. The molecule has 4 aromatic rings. The smallest absolute Gasteiger partial charge is 0.211 e. The van der Waals surface area contributed by atoms with E-state index in [0.717, 1.165) is 11.4 Å². The molecule has 0 aliphatic heterocycles. The fourth-order valence-electron chi connectivity index (χ4n) is 3.85. The molecule has 0 aliphatic carbocycles. The Hall–Kier alpha value is -4.44. The van der Waals surface area contributed by atoms with Crippen molar-refractivity contribution in [2.45, 2.75) is 0 Å². The predicted molar refractivity (Wildman–Crippen MR) is 138 cm³/mol. The molecule has 168 valence electrons. The second kappa shape index (κ2) is 10.5. The molecule has 0 amide bonds. The van der Waals surface area contributed by atoms with E-state index in [2.05, 4.69) is 0 Å². The van der Waals surface area contributed by atoms with E-state index in [0.29, 0.717) is 22.5 Å². The van der Waals surface area contributed by atoms with E-state index < -0.39 is 0 Å². The number of Topliss-reactive ketones (excluding diaryl/α,β-unsaturated/α-hetero) is 2. The third-order valence-corrected chi connectivity index (χ3v) is 5.68. The number of ketones is 2. The van der Waals surface area contributed by atoms with Crippen LogP contribution in [0, 0.1) is 0 Å². The number of hydrogen-bond donors (Lipinski definition) is 0. The van der Waals surface area contributed by atoms with Crippen LogP contribution in [0.15, 0.2) is 133 Å². The van der Waals surface area contributed by atoms with Crippen LogP contribution < -0.4 is 9.80 Å². The predicted octanol–water partition coefficient (Wildman–Crippen LogP) is 6.24. The van der Waals surface area contributed by atoms with Crippen molar-refractivity contribution in [3.05, 3.63) is 144 Å². The number of rotatable bonds is 8. The molecular weight excluding hydrogens is 420 g/mol. The van der Waals surface area contributed by atoms with E-state index in [4.69, 9.17) is 0 Å². The van der Waals surface area contributed by atoms with Gasteiger partial charge in [0.25, 0.3) is 0 Å². The highest BCUT2D eigenvalue weighted by Crippen LogP contribution is 2.29. The first-order chi connectivity index (χ1) is 16.6. The summed E-state index contributed by atoms with van der Waals surface area (Å²) in [5.41, 5.74) is 3.25. The quantitative estimate of drug-likeness (QED) is 0.237. The molecule has 0 aliphatic rings. The van der Waals surface area contributed by atoms with Crippen LogP contribution in [-0.4, -0.2) is 25.7 Å². The molecule has 0 radical (unpaired) electrons. The van der Waals surface area contributed by atoms with Crippen molar-refractivity contribution in [3.63, 3.8) is 0 Å². The van der Waals surface area contributed by atoms with Gasteiger partial charge in [-0.1, -0.05) is 97.1 Å². The SMILES string of the molecule is CN(/C(C(=O)c1ccccc1)=C(/C(=O)c1ccccc1)N(C)c1ccccc1)c1ccccc1. The van der Waals surface area contributed by atoms with Crippen LogP contribution in [0.1, 0.15) is 20.7 Å². The van der Waals surface area contributed by atoms with Crippen LogP contribution in [0.25, 0.3) is 0 Å². The molecule has 4 nitrogen and oxygen atoms in total. The lowest BCUT2D eigenvalue weighted by molar-refractivity contribution is 0.0995. The standard InChI is InChI=1S/C30H26N2O2/c1-31(25-19-11-5-12-20-25)27(29(33)23-15-7-3-8-16-23)28(30(34)24-17-9-4-10-18-24)32(2)26-21-13-6-14-22-26/h3-22H,1-2H3/b28-27-. The highest BCUT2D eigenvalue weighted by molar-refractivity contribution is 6.20. The molecule has 0 bridgehead atoms. The Morgan fingerprint density at radius 3 is 1.00 bits per heavy atom. The van der Waals surface area contributed by atoms with Crippen LogP contribution in [-0.2, 0) is 0 Å². The first kappa shape index (κ1) is 22.7. The highest BCUT2D eigenvalue weighted by Gasteiger charge is 2.30. The zero-order valence-corrected chi connectivity index (χ0v) is 19.3. The number of nitrogens with zero attached hydrogens (tertiary/aromatic N) is 2. The molecular formula is C30H26N2O2. The van der Waals surface area contributed by atoms with Crippen molar-refractivity contribution in [3.8, 4) is 0 Å². The summed E-state index contributed by atoms with van der Waals surface area (Å²) in [7, 11) is 3.64. The molecule has 0 saturated heterocycles. The van der Waals surface area contributed by atoms with Gasteiger partial charge in [-0.25, -0.2) is 0 Å². The second-order valence-electron chi connectivity index (χ2n) is 7.88. The van der Waals surface area contributed by atoms with Crippen LogP contribution in [0.4, 0.5) is 11.4 Å². The minimum Gasteiger partial charge on any atom is -0.340 e. The van der Waals surface area contributed by atoms with E-state index in [9.17, 15) is 9.59 Å². The van der Waals surface area contributed by atoms with Gasteiger partial charge in [-0.15, -0.1) is 0 Å². The minimum atomic E-state index is -0.228. The number of carbonyl (C=O) groups is 2. The molecule has 4 heteroatoms. The van der Waals surface area contributed by atoms with Crippen molar-refractivity contribution in [2.24, 2.45) is 0 Å². The van der Waals surface area contributed by atoms with Crippen molar-refractivity contribution >= 4 is 22.9 Å². The fraction of sp³-hybridized carbons (Fsp3) is 0.0667. The van der Waals surface area contributed by atoms with Gasteiger partial charge in [0.1, 0.15) is 11.4 Å². The maximum absolute atomic E-state index is 14.0. The summed E-state index contributed by atoms with van der Waals surface area (Å²) in [6.07, 6.45) is 0. The van der Waals surface area contributed by atoms with E-state index in [1.54, 1.807) is 34.1 Å². The minimum absolute atomic E-state index is 0.228. The molecule has 4 rings (SSSR count). The van der Waals surface area contributed by atoms with Crippen molar-refractivity contribution in [1.82, 2.24) is 0 Å². The maximum atomic E-state index is 14.0. The molecule has 0 spiro atoms. The van der Waals surface area contributed by atoms with Gasteiger partial charge in [0, 0.05) is 36.6 Å². The van der Waals surface area contributed by atoms with Crippen molar-refractivity contribution < 1.29 is 9.59 Å². The summed E-state index contributed by atoms with van der Waals surface area (Å²) < 4.78 is 0. The average Bonchev–Trinajstić information content (AvgIpc) is 2.92. The molecule has 4 aromatic carbocycles. The Morgan fingerprint density at radius 2 is 0.706 bits per heavy atom. The summed E-state index contributed by atoms with van der Waals surface area (Å²) in [6.45, 7) is 0. The van der Waals surface area contributed by atoms with Crippen LogP contribution in [0.2, 0.25) is 0 Å². The molecule has 0 N–H and O–H groups in total. The number of para-hydroxylation sites is 2. The summed E-state index contributed by atoms with van der Waals surface area (Å²) in [5.74, 6) is -0.456. The van der Waals surface area contributed by atoms with Gasteiger partial charge in [0.05, 0.1) is 0 Å². The first-order valence-electron chi connectivity index (χ1n) is 11.1. The Labute approximate surface area is 200 Å². The lowest BCUT2D eigenvalue weighted by Crippen LogP contribution is -2.34. The third-order valence-electron chi connectivity index (χ3n) is 5.68. The first-order valence-corrected chi connectivity index (χ1v) is 11.1. The fourth-order valence-corrected chi connectivity index (χ4v) is 3.85. The molecule has 0 fully saturated rings. The number of benzene rings is 4. The zero-order valence-electron chi connectivity index (χ0n) is 19.3. The third kappa shape index (κ3) is 4.81. The monoisotopic (exact) mass is 446 g/mol. The Bertz CT molecular complexity index is 1180. The number of carbonyl (C=O) groups excluding carboxylic acids is 2. The van der Waals surface area contributed by atoms with E-state index in [1.807, 2.05) is 111 Å². The number of allylic oxidation sites excluding steroid dienone is 2. The molecule has 0 aromatic heterocycles. The van der Waals surface area contributed by atoms with E-state index >= 15 is 0 Å². The van der Waals surface area contributed by atoms with Crippen LogP contribution in [0.3, 0.4) is 0 Å².